The van der Waals surface area contributed by atoms with Gasteiger partial charge in [0.25, 0.3) is 0 Å². The average Bonchev–Trinajstić information content (AvgIpc) is 3.19. The number of amides is 6. The molecule has 1 fully saturated rings. The van der Waals surface area contributed by atoms with Gasteiger partial charge in [0.05, 0.1) is 0 Å². The molecule has 18 heteroatoms. The SMILES string of the molecule is CCNC(=O)OCC(COC(=O)NCC)OCCCC(=O)NCCNC(=O)CCN1C(=O)CC(SB=NP)C1=O. The van der Waals surface area contributed by atoms with Crippen molar-refractivity contribution in [3.05, 3.63) is 0 Å². The quantitative estimate of drug-likeness (QED) is 0.0660. The topological polar surface area (TPSA) is 194 Å². The van der Waals surface area contributed by atoms with Gasteiger partial charge in [0.15, 0.2) is 0 Å². The number of nitrogens with one attached hydrogen (secondary N) is 4. The Hall–Kier alpha value is -2.78. The van der Waals surface area contributed by atoms with E-state index in [1.54, 1.807) is 13.8 Å². The van der Waals surface area contributed by atoms with Crippen molar-refractivity contribution in [1.29, 1.82) is 0 Å². The van der Waals surface area contributed by atoms with E-state index in [0.29, 0.717) is 19.5 Å². The van der Waals surface area contributed by atoms with Crippen molar-refractivity contribution < 1.29 is 43.0 Å². The van der Waals surface area contributed by atoms with Gasteiger partial charge in [-0.1, -0.05) is 0 Å². The fourth-order valence-electron chi connectivity index (χ4n) is 3.25. The van der Waals surface area contributed by atoms with Gasteiger partial charge in [-0.15, -0.1) is 0 Å². The maximum absolute atomic E-state index is 12.3. The van der Waals surface area contributed by atoms with Crippen LogP contribution in [0.15, 0.2) is 4.67 Å². The summed E-state index contributed by atoms with van der Waals surface area (Å²) in [6.07, 6.45) is 0.0773. The van der Waals surface area contributed by atoms with E-state index in [4.69, 9.17) is 14.2 Å². The summed E-state index contributed by atoms with van der Waals surface area (Å²) >= 11 is 1.16. The van der Waals surface area contributed by atoms with Crippen LogP contribution in [-0.2, 0) is 33.4 Å². The molecule has 224 valence electrons. The Morgan fingerprint density at radius 1 is 1.00 bits per heavy atom. The Bertz CT molecular complexity index is 879. The molecule has 1 aliphatic heterocycles. The van der Waals surface area contributed by atoms with E-state index in [9.17, 15) is 28.8 Å². The van der Waals surface area contributed by atoms with E-state index in [0.717, 1.165) is 16.5 Å². The number of carbonyl (C=O) groups excluding carboxylic acids is 6. The number of rotatable bonds is 19. The first-order valence-corrected chi connectivity index (χ1v) is 14.3. The zero-order chi connectivity index (χ0) is 29.8. The number of alkyl carbamates (subject to hydrolysis) is 2. The summed E-state index contributed by atoms with van der Waals surface area (Å²) in [4.78, 5) is 72.5. The first-order valence-electron chi connectivity index (χ1n) is 12.9. The molecule has 6 amide bonds. The number of ether oxygens (including phenoxy) is 3. The van der Waals surface area contributed by atoms with E-state index in [2.05, 4.69) is 35.3 Å². The predicted molar refractivity (Wildman–Crippen MR) is 150 cm³/mol. The van der Waals surface area contributed by atoms with E-state index in [1.807, 2.05) is 0 Å². The Balaban J connectivity index is 2.23. The molecule has 0 aromatic heterocycles. The summed E-state index contributed by atoms with van der Waals surface area (Å²) in [5.41, 5.74) is 0. The number of nitrogens with zero attached hydrogens (tertiary/aromatic N) is 2. The predicted octanol–water partition coefficient (Wildman–Crippen LogP) is -0.280. The fraction of sp³-hybridized carbons (Fsp3) is 0.727. The van der Waals surface area contributed by atoms with Crippen LogP contribution in [0.1, 0.15) is 39.5 Å². The van der Waals surface area contributed by atoms with Gasteiger partial charge in [-0.3, -0.25) is 4.79 Å². The van der Waals surface area contributed by atoms with Crippen molar-refractivity contribution in [2.24, 2.45) is 4.67 Å². The Kier molecular flexibility index (Phi) is 18.5. The summed E-state index contributed by atoms with van der Waals surface area (Å²) < 4.78 is 19.4. The van der Waals surface area contributed by atoms with Gasteiger partial charge >= 0.3 is 135 Å². The van der Waals surface area contributed by atoms with Gasteiger partial charge in [-0.05, 0) is 20.3 Å². The van der Waals surface area contributed by atoms with Crippen molar-refractivity contribution in [2.45, 2.75) is 50.9 Å². The van der Waals surface area contributed by atoms with Gasteiger partial charge in [0.2, 0.25) is 0 Å². The number of hydrogen-bond donors (Lipinski definition) is 4. The van der Waals surface area contributed by atoms with Crippen LogP contribution in [0.25, 0.3) is 0 Å². The summed E-state index contributed by atoms with van der Waals surface area (Å²) in [7, 11) is 2.15. The Morgan fingerprint density at radius 2 is 1.57 bits per heavy atom. The van der Waals surface area contributed by atoms with Crippen molar-refractivity contribution in [2.75, 3.05) is 52.5 Å². The van der Waals surface area contributed by atoms with E-state index < -0.39 is 23.5 Å². The number of hydrogen-bond acceptors (Lipinski definition) is 11. The van der Waals surface area contributed by atoms with Crippen molar-refractivity contribution >= 4 is 63.2 Å². The van der Waals surface area contributed by atoms with Crippen LogP contribution in [0.4, 0.5) is 9.59 Å². The second-order valence-electron chi connectivity index (χ2n) is 8.27. The molecule has 0 radical (unpaired) electrons. The third-order valence-electron chi connectivity index (χ3n) is 5.16. The van der Waals surface area contributed by atoms with Crippen LogP contribution in [0.2, 0.25) is 0 Å². The summed E-state index contributed by atoms with van der Waals surface area (Å²) in [6.45, 7) is 4.54. The van der Waals surface area contributed by atoms with Crippen LogP contribution in [-0.4, -0.2) is 111 Å². The molecular formula is C22H38BN6O9PS. The van der Waals surface area contributed by atoms with Gasteiger partial charge in [0.1, 0.15) is 19.3 Å². The molecule has 4 N–H and O–H groups in total. The molecule has 0 saturated carbocycles. The molecule has 1 heterocycles. The van der Waals surface area contributed by atoms with Gasteiger partial charge in [-0.25, -0.2) is 9.59 Å². The number of carbonyl (C=O) groups is 6. The average molecular weight is 604 g/mol. The third kappa shape index (κ3) is 15.1. The maximum atomic E-state index is 12.3. The molecule has 0 aromatic rings. The fourth-order valence-corrected chi connectivity index (χ4v) is 4.16. The normalized spacial score (nSPS) is 14.7. The Labute approximate surface area is 240 Å². The molecule has 0 bridgehead atoms. The monoisotopic (exact) mass is 604 g/mol. The first kappa shape index (κ1) is 35.3. The first-order chi connectivity index (χ1) is 19.2. The molecular weight excluding hydrogens is 566 g/mol. The molecule has 1 aliphatic rings. The van der Waals surface area contributed by atoms with Gasteiger partial charge in [-0.2, -0.15) is 0 Å². The molecule has 1 saturated heterocycles. The Morgan fingerprint density at radius 3 is 2.12 bits per heavy atom. The molecule has 40 heavy (non-hydrogen) atoms. The molecule has 15 nitrogen and oxygen atoms in total. The van der Waals surface area contributed by atoms with Gasteiger partial charge < -0.3 is 24.8 Å². The van der Waals surface area contributed by atoms with Crippen LogP contribution in [0, 0.1) is 0 Å². The summed E-state index contributed by atoms with van der Waals surface area (Å²) in [6, 6.07) is 0. The molecule has 1 rings (SSSR count). The molecule has 2 unspecified atom stereocenters. The summed E-state index contributed by atoms with van der Waals surface area (Å²) in [5, 5.41) is 9.74. The summed E-state index contributed by atoms with van der Waals surface area (Å²) in [5.74, 6) is -1.25. The van der Waals surface area contributed by atoms with Crippen LogP contribution >= 0.6 is 21.0 Å². The number of imide groups is 1. The zero-order valence-electron chi connectivity index (χ0n) is 22.8. The van der Waals surface area contributed by atoms with Crippen molar-refractivity contribution in [1.82, 2.24) is 26.2 Å². The van der Waals surface area contributed by atoms with Crippen molar-refractivity contribution in [3.63, 3.8) is 0 Å². The van der Waals surface area contributed by atoms with Crippen LogP contribution < -0.4 is 21.3 Å². The minimum atomic E-state index is -0.705. The standard InChI is InChI=1S/C22H38BN6O9PS/c1-3-24-21(34)37-13-15(14-38-22(35)25-4-2)36-11-5-6-17(30)26-8-9-27-18(31)7-10-29-19(32)12-16(20(29)33)40-23-28-39/h15-16H,3-14,39H2,1-2H3,(H,24,34)(H,25,35)(H,26,30)(H,27,31). The second-order valence-corrected chi connectivity index (χ2v) is 9.62. The van der Waals surface area contributed by atoms with Crippen LogP contribution in [0.3, 0.4) is 0 Å². The molecule has 0 spiro atoms. The molecule has 0 aliphatic carbocycles. The third-order valence-corrected chi connectivity index (χ3v) is 6.47. The molecule has 2 atom stereocenters. The van der Waals surface area contributed by atoms with E-state index in [-0.39, 0.29) is 82.3 Å². The minimum absolute atomic E-state index is 0.00539. The zero-order valence-corrected chi connectivity index (χ0v) is 24.7. The second kappa shape index (κ2) is 21.0. The van der Waals surface area contributed by atoms with Crippen molar-refractivity contribution in [3.8, 4) is 0 Å². The van der Waals surface area contributed by atoms with E-state index >= 15 is 0 Å². The molecule has 0 aromatic carbocycles. The van der Waals surface area contributed by atoms with Crippen LogP contribution in [0.5, 0.6) is 0 Å². The number of likely N-dealkylation sites (tertiary alicyclic amines) is 1. The van der Waals surface area contributed by atoms with E-state index in [1.165, 1.54) is 6.35 Å². The van der Waals surface area contributed by atoms with Gasteiger partial charge in [0, 0.05) is 26.1 Å².